The van der Waals surface area contributed by atoms with Gasteiger partial charge in [-0.25, -0.2) is 0 Å². The zero-order valence-corrected chi connectivity index (χ0v) is 17.3. The van der Waals surface area contributed by atoms with Crippen molar-refractivity contribution in [3.8, 4) is 0 Å². The van der Waals surface area contributed by atoms with Gasteiger partial charge in [-0.2, -0.15) is 70.2 Å². The van der Waals surface area contributed by atoms with E-state index in [1.54, 1.807) is 0 Å². The van der Waals surface area contributed by atoms with Crippen molar-refractivity contribution in [2.45, 2.75) is 58.7 Å². The minimum Gasteiger partial charge on any atom is -0.200 e. The Balaban J connectivity index is 6.28. The third-order valence-corrected chi connectivity index (χ3v) is 6.61. The molecule has 0 aromatic heterocycles. The molecule has 18 heteroatoms. The van der Waals surface area contributed by atoms with E-state index in [0.29, 0.717) is 0 Å². The van der Waals surface area contributed by atoms with Crippen LogP contribution < -0.4 is 0 Å². The average Bonchev–Trinajstić information content (AvgIpc) is 2.50. The van der Waals surface area contributed by atoms with E-state index in [1.165, 1.54) is 22.6 Å². The highest BCUT2D eigenvalue weighted by atomic mass is 127. The summed E-state index contributed by atoms with van der Waals surface area (Å²) < 4.78 is 205. The molecule has 0 aliphatic rings. The average molecular weight is 663 g/mol. The number of hydrogen-bond donors (Lipinski definition) is 0. The quantitative estimate of drug-likeness (QED) is 0.134. The topological polar surface area (TPSA) is 0 Å². The van der Waals surface area contributed by atoms with E-state index in [4.69, 9.17) is 0 Å². The van der Waals surface area contributed by atoms with Crippen molar-refractivity contribution in [2.24, 2.45) is 5.92 Å². The molecule has 0 aromatic carbocycles. The monoisotopic (exact) mass is 662 g/mol. The van der Waals surface area contributed by atoms with Gasteiger partial charge in [-0.15, -0.1) is 0 Å². The lowest BCUT2D eigenvalue weighted by molar-refractivity contribution is -0.441. The number of rotatable bonds is 9. The summed E-state index contributed by atoms with van der Waals surface area (Å²) in [4.78, 5) is 0. The largest absolute Gasteiger partial charge is 0.460 e. The molecule has 182 valence electrons. The highest BCUT2D eigenvalue weighted by Gasteiger charge is 2.90. The summed E-state index contributed by atoms with van der Waals surface area (Å²) >= 11 is 3.82. The van der Waals surface area contributed by atoms with Crippen molar-refractivity contribution in [3.63, 3.8) is 0 Å². The molecule has 0 heterocycles. The van der Waals surface area contributed by atoms with Crippen molar-refractivity contribution < 1.29 is 70.2 Å². The van der Waals surface area contributed by atoms with Gasteiger partial charge >= 0.3 is 42.0 Å². The van der Waals surface area contributed by atoms with Crippen molar-refractivity contribution in [1.29, 1.82) is 0 Å². The van der Waals surface area contributed by atoms with Crippen LogP contribution in [0.2, 0.25) is 0 Å². The molecule has 30 heavy (non-hydrogen) atoms. The van der Waals surface area contributed by atoms with Gasteiger partial charge in [0, 0.05) is 15.7 Å². The summed E-state index contributed by atoms with van der Waals surface area (Å²) in [6.07, 6.45) is -18.0. The van der Waals surface area contributed by atoms with Crippen molar-refractivity contribution in [2.75, 3.05) is 5.33 Å². The molecule has 0 N–H and O–H groups in total. The molecular weight excluding hydrogens is 655 g/mol. The van der Waals surface area contributed by atoms with Crippen molar-refractivity contribution >= 4 is 38.5 Å². The molecule has 0 aliphatic carbocycles. The van der Waals surface area contributed by atoms with Gasteiger partial charge in [0.1, 0.15) is 0 Å². The summed E-state index contributed by atoms with van der Waals surface area (Å²) in [6, 6.07) is 0. The van der Waals surface area contributed by atoms with E-state index in [0.717, 1.165) is 0 Å². The summed E-state index contributed by atoms with van der Waals surface area (Å²) in [5, 5.41) is -0.339. The first-order valence-corrected chi connectivity index (χ1v) is 9.40. The molecule has 2 atom stereocenters. The third kappa shape index (κ3) is 5.35. The van der Waals surface area contributed by atoms with Crippen LogP contribution in [0.5, 0.6) is 0 Å². The van der Waals surface area contributed by atoms with Gasteiger partial charge in [-0.05, 0) is 6.42 Å². The Hall–Kier alpha value is 0.0900. The summed E-state index contributed by atoms with van der Waals surface area (Å²) in [5.74, 6) is -42.2. The van der Waals surface area contributed by atoms with Gasteiger partial charge in [0.25, 0.3) is 0 Å². The maximum atomic E-state index is 13.6. The Morgan fingerprint density at radius 3 is 1.27 bits per heavy atom. The van der Waals surface area contributed by atoms with Crippen LogP contribution in [0.3, 0.4) is 0 Å². The summed E-state index contributed by atoms with van der Waals surface area (Å²) in [7, 11) is 0. The van der Waals surface area contributed by atoms with Crippen LogP contribution in [-0.4, -0.2) is 51.2 Å². The smallest absolute Gasteiger partial charge is 0.200 e. The van der Waals surface area contributed by atoms with Crippen LogP contribution >= 0.6 is 38.5 Å². The molecule has 2 unspecified atom stereocenters. The number of halogens is 18. The maximum absolute atomic E-state index is 13.6. The second-order valence-corrected chi connectivity index (χ2v) is 8.34. The Labute approximate surface area is 179 Å². The van der Waals surface area contributed by atoms with Crippen LogP contribution in [0.25, 0.3) is 0 Å². The van der Waals surface area contributed by atoms with Crippen LogP contribution in [-0.2, 0) is 0 Å². The Bertz CT molecular complexity index is 580. The van der Waals surface area contributed by atoms with Crippen LogP contribution in [0.15, 0.2) is 0 Å². The van der Waals surface area contributed by atoms with Gasteiger partial charge < -0.3 is 0 Å². The van der Waals surface area contributed by atoms with E-state index < -0.39 is 64.6 Å². The van der Waals surface area contributed by atoms with Gasteiger partial charge in [0.05, 0.1) is 5.92 Å². The Kier molecular flexibility index (Phi) is 8.82. The number of hydrogen-bond acceptors (Lipinski definition) is 0. The standard InChI is InChI=1S/C12H8BrF16I/c13-3-5(30)1-4(7(16,17)18)2-6(14,15)8(19,20)9(21,22)10(23,24)11(25,26)12(27,28)29/h4-5H,1-3H2. The fourth-order valence-corrected chi connectivity index (χ4v) is 2.82. The molecule has 0 aromatic rings. The molecule has 0 bridgehead atoms. The maximum Gasteiger partial charge on any atom is 0.460 e. The Morgan fingerprint density at radius 2 is 0.967 bits per heavy atom. The SMILES string of the molecule is FC(F)(F)C(CC(I)CBr)CC(F)(F)C(F)(F)C(F)(F)C(F)(F)C(F)(F)C(F)(F)F. The Morgan fingerprint density at radius 1 is 0.600 bits per heavy atom. The first-order chi connectivity index (χ1) is 12.8. The van der Waals surface area contributed by atoms with E-state index in [-0.39, 0.29) is 5.33 Å². The van der Waals surface area contributed by atoms with Gasteiger partial charge in [0.2, 0.25) is 0 Å². The molecule has 0 saturated carbocycles. The highest BCUT2D eigenvalue weighted by Crippen LogP contribution is 2.61. The summed E-state index contributed by atoms with van der Waals surface area (Å²) in [5.41, 5.74) is 0. The van der Waals surface area contributed by atoms with Gasteiger partial charge in [-0.1, -0.05) is 38.5 Å². The fourth-order valence-electron chi connectivity index (χ4n) is 1.94. The minimum absolute atomic E-state index is 0.339. The van der Waals surface area contributed by atoms with E-state index >= 15 is 0 Å². The lowest BCUT2D eigenvalue weighted by atomic mass is 9.87. The number of alkyl halides is 18. The lowest BCUT2D eigenvalue weighted by Crippen LogP contribution is -2.70. The first-order valence-electron chi connectivity index (χ1n) is 7.03. The van der Waals surface area contributed by atoms with E-state index in [9.17, 15) is 70.2 Å². The molecular formula is C12H8BrF16I. The predicted octanol–water partition coefficient (Wildman–Crippen LogP) is 7.88. The molecule has 0 spiro atoms. The van der Waals surface area contributed by atoms with Crippen LogP contribution in [0, 0.1) is 5.92 Å². The zero-order chi connectivity index (χ0) is 24.8. The lowest BCUT2D eigenvalue weighted by Gasteiger charge is -2.40. The second kappa shape index (κ2) is 8.79. The third-order valence-electron chi connectivity index (χ3n) is 3.67. The molecule has 0 radical (unpaired) electrons. The molecule has 0 fully saturated rings. The molecule has 0 rings (SSSR count). The highest BCUT2D eigenvalue weighted by molar-refractivity contribution is 14.1. The zero-order valence-electron chi connectivity index (χ0n) is 13.6. The van der Waals surface area contributed by atoms with Gasteiger partial charge in [-0.3, -0.25) is 0 Å². The van der Waals surface area contributed by atoms with Crippen LogP contribution in [0.1, 0.15) is 12.8 Å². The van der Waals surface area contributed by atoms with Crippen LogP contribution in [0.4, 0.5) is 70.2 Å². The van der Waals surface area contributed by atoms with E-state index in [2.05, 4.69) is 15.9 Å². The fraction of sp³-hybridized carbons (Fsp3) is 1.00. The van der Waals surface area contributed by atoms with Crippen molar-refractivity contribution in [1.82, 2.24) is 0 Å². The van der Waals surface area contributed by atoms with Crippen molar-refractivity contribution in [3.05, 3.63) is 0 Å². The first kappa shape index (κ1) is 30.1. The molecule has 0 saturated heterocycles. The molecule has 0 amide bonds. The van der Waals surface area contributed by atoms with E-state index in [1.807, 2.05) is 0 Å². The predicted molar refractivity (Wildman–Crippen MR) is 81.2 cm³/mol. The molecule has 0 nitrogen and oxygen atoms in total. The minimum atomic E-state index is -8.14. The summed E-state index contributed by atoms with van der Waals surface area (Å²) in [6.45, 7) is 0. The van der Waals surface area contributed by atoms with Gasteiger partial charge in [0.15, 0.2) is 0 Å². The second-order valence-electron chi connectivity index (χ2n) is 5.93. The normalized spacial score (nSPS) is 17.8. The molecule has 0 aliphatic heterocycles.